The van der Waals surface area contributed by atoms with Crippen molar-refractivity contribution in [3.8, 4) is 0 Å². The maximum absolute atomic E-state index is 11.1. The molecule has 0 aliphatic heterocycles. The zero-order chi connectivity index (χ0) is 9.35. The van der Waals surface area contributed by atoms with E-state index in [-0.39, 0.29) is 5.03 Å². The number of sulfone groups is 1. The Morgan fingerprint density at radius 1 is 1.58 bits per heavy atom. The van der Waals surface area contributed by atoms with Gasteiger partial charge in [-0.3, -0.25) is 5.84 Å². The molecule has 0 aromatic carbocycles. The maximum Gasteiger partial charge on any atom is 0.191 e. The second kappa shape index (κ2) is 2.80. The maximum atomic E-state index is 11.1. The molecule has 5 nitrogen and oxygen atoms in total. The lowest BCUT2D eigenvalue weighted by Crippen LogP contribution is -2.05. The lowest BCUT2D eigenvalue weighted by Gasteiger charge is -1.97. The third kappa shape index (κ3) is 1.59. The Labute approximate surface area is 71.1 Å². The molecule has 1 aromatic rings. The Morgan fingerprint density at radius 3 is 2.42 bits per heavy atom. The molecule has 68 valence electrons. The normalized spacial score (nSPS) is 11.6. The van der Waals surface area contributed by atoms with Crippen LogP contribution in [0.2, 0.25) is 0 Å². The van der Waals surface area contributed by atoms with Gasteiger partial charge in [-0.05, 0) is 6.07 Å². The zero-order valence-electron chi connectivity index (χ0n) is 6.90. The highest BCUT2D eigenvalue weighted by atomic mass is 32.2. The van der Waals surface area contributed by atoms with Gasteiger partial charge in [0.05, 0.1) is 5.69 Å². The van der Waals surface area contributed by atoms with E-state index in [0.29, 0.717) is 5.69 Å². The summed E-state index contributed by atoms with van der Waals surface area (Å²) in [7, 11) is -1.51. The van der Waals surface area contributed by atoms with Crippen LogP contribution in [0.5, 0.6) is 0 Å². The number of aromatic nitrogens is 1. The summed E-state index contributed by atoms with van der Waals surface area (Å²) in [5.41, 5.74) is 2.96. The van der Waals surface area contributed by atoms with Crippen molar-refractivity contribution >= 4 is 15.5 Å². The minimum Gasteiger partial charge on any atom is -0.340 e. The van der Waals surface area contributed by atoms with Crippen molar-refractivity contribution < 1.29 is 8.42 Å². The zero-order valence-corrected chi connectivity index (χ0v) is 7.72. The van der Waals surface area contributed by atoms with Crippen molar-refractivity contribution in [2.24, 2.45) is 12.9 Å². The van der Waals surface area contributed by atoms with Crippen molar-refractivity contribution in [2.75, 3.05) is 11.7 Å². The molecule has 6 heteroatoms. The van der Waals surface area contributed by atoms with Crippen molar-refractivity contribution in [1.82, 2.24) is 4.57 Å². The number of nitrogen functional groups attached to an aromatic ring is 1. The second-order valence-electron chi connectivity index (χ2n) is 2.59. The van der Waals surface area contributed by atoms with Gasteiger partial charge in [0, 0.05) is 19.5 Å². The minimum atomic E-state index is -3.16. The summed E-state index contributed by atoms with van der Waals surface area (Å²) in [6, 6.07) is 1.48. The average Bonchev–Trinajstić information content (AvgIpc) is 2.29. The molecule has 1 rings (SSSR count). The molecule has 0 atom stereocenters. The van der Waals surface area contributed by atoms with Crippen LogP contribution in [0, 0.1) is 0 Å². The van der Waals surface area contributed by atoms with Crippen molar-refractivity contribution in [1.29, 1.82) is 0 Å². The van der Waals surface area contributed by atoms with Crippen LogP contribution in [-0.4, -0.2) is 19.2 Å². The summed E-state index contributed by atoms with van der Waals surface area (Å²) in [6.07, 6.45) is 2.76. The molecular formula is C6H11N3O2S. The Hall–Kier alpha value is -1.01. The smallest absolute Gasteiger partial charge is 0.191 e. The Kier molecular flexibility index (Phi) is 2.12. The Balaban J connectivity index is 3.27. The molecule has 1 aromatic heterocycles. The van der Waals surface area contributed by atoms with Gasteiger partial charge in [0.2, 0.25) is 0 Å². The predicted molar refractivity (Wildman–Crippen MR) is 46.3 cm³/mol. The number of hydrogen-bond acceptors (Lipinski definition) is 4. The summed E-state index contributed by atoms with van der Waals surface area (Å²) in [5.74, 6) is 5.12. The van der Waals surface area contributed by atoms with Gasteiger partial charge >= 0.3 is 0 Å². The summed E-state index contributed by atoms with van der Waals surface area (Å²) in [5, 5.41) is 0.246. The molecule has 0 saturated heterocycles. The number of hydrogen-bond donors (Lipinski definition) is 2. The molecule has 3 N–H and O–H groups in total. The van der Waals surface area contributed by atoms with E-state index >= 15 is 0 Å². The van der Waals surface area contributed by atoms with Crippen LogP contribution in [0.25, 0.3) is 0 Å². The number of nitrogens with two attached hydrogens (primary N) is 1. The van der Waals surface area contributed by atoms with Crippen molar-refractivity contribution in [3.05, 3.63) is 12.3 Å². The van der Waals surface area contributed by atoms with Crippen LogP contribution in [0.3, 0.4) is 0 Å². The Bertz CT molecular complexity index is 379. The Morgan fingerprint density at radius 2 is 2.17 bits per heavy atom. The van der Waals surface area contributed by atoms with E-state index in [4.69, 9.17) is 5.84 Å². The van der Waals surface area contributed by atoms with E-state index in [1.807, 2.05) is 0 Å². The molecule has 1 heterocycles. The molecule has 12 heavy (non-hydrogen) atoms. The number of hydrazine groups is 1. The topological polar surface area (TPSA) is 77.1 Å². The first kappa shape index (κ1) is 9.08. The largest absolute Gasteiger partial charge is 0.340 e. The number of rotatable bonds is 2. The highest BCUT2D eigenvalue weighted by Gasteiger charge is 2.12. The molecule has 0 bridgehead atoms. The standard InChI is InChI=1S/C6H11N3O2S/c1-9-4-5(8-7)3-6(9)12(2,10)11/h3-4,8H,7H2,1-2H3. The lowest BCUT2D eigenvalue weighted by molar-refractivity contribution is 0.592. The van der Waals surface area contributed by atoms with E-state index in [0.717, 1.165) is 6.26 Å². The van der Waals surface area contributed by atoms with E-state index in [2.05, 4.69) is 5.43 Å². The SMILES string of the molecule is Cn1cc(NN)cc1S(C)(=O)=O. The van der Waals surface area contributed by atoms with E-state index in [1.54, 1.807) is 13.2 Å². The molecule has 0 unspecified atom stereocenters. The monoisotopic (exact) mass is 189 g/mol. The highest BCUT2D eigenvalue weighted by Crippen LogP contribution is 2.15. The summed E-state index contributed by atoms with van der Waals surface area (Å²) in [6.45, 7) is 0. The fraction of sp³-hybridized carbons (Fsp3) is 0.333. The van der Waals surface area contributed by atoms with Crippen LogP contribution < -0.4 is 11.3 Å². The van der Waals surface area contributed by atoms with Gasteiger partial charge in [0.1, 0.15) is 5.03 Å². The number of anilines is 1. The molecule has 0 aliphatic rings. The summed E-state index contributed by atoms with van der Waals surface area (Å²) >= 11 is 0. The van der Waals surface area contributed by atoms with Crippen LogP contribution in [0.1, 0.15) is 0 Å². The quantitative estimate of drug-likeness (QED) is 0.495. The summed E-state index contributed by atoms with van der Waals surface area (Å²) < 4.78 is 23.7. The third-order valence-corrected chi connectivity index (χ3v) is 2.67. The molecule has 0 aliphatic carbocycles. The van der Waals surface area contributed by atoms with Gasteiger partial charge in [-0.2, -0.15) is 0 Å². The first-order valence-corrected chi connectivity index (χ1v) is 5.17. The van der Waals surface area contributed by atoms with Gasteiger partial charge in [0.25, 0.3) is 0 Å². The van der Waals surface area contributed by atoms with Gasteiger partial charge < -0.3 is 9.99 Å². The van der Waals surface area contributed by atoms with Crippen LogP contribution >= 0.6 is 0 Å². The lowest BCUT2D eigenvalue weighted by atomic mass is 10.6. The first-order chi connectivity index (χ1) is 5.45. The first-order valence-electron chi connectivity index (χ1n) is 3.28. The van der Waals surface area contributed by atoms with Crippen molar-refractivity contribution in [3.63, 3.8) is 0 Å². The van der Waals surface area contributed by atoms with E-state index < -0.39 is 9.84 Å². The van der Waals surface area contributed by atoms with Gasteiger partial charge in [-0.15, -0.1) is 0 Å². The molecule has 0 amide bonds. The van der Waals surface area contributed by atoms with E-state index in [1.165, 1.54) is 10.6 Å². The molecule has 0 saturated carbocycles. The molecule has 0 spiro atoms. The average molecular weight is 189 g/mol. The molecule has 0 fully saturated rings. The molecular weight excluding hydrogens is 178 g/mol. The number of aryl methyl sites for hydroxylation is 1. The van der Waals surface area contributed by atoms with Gasteiger partial charge in [-0.25, -0.2) is 8.42 Å². The third-order valence-electron chi connectivity index (χ3n) is 1.51. The highest BCUT2D eigenvalue weighted by molar-refractivity contribution is 7.90. The number of nitrogens with one attached hydrogen (secondary N) is 1. The van der Waals surface area contributed by atoms with Crippen LogP contribution in [0.15, 0.2) is 17.3 Å². The second-order valence-corrected chi connectivity index (χ2v) is 4.56. The fourth-order valence-electron chi connectivity index (χ4n) is 0.992. The fourth-order valence-corrected chi connectivity index (χ4v) is 1.91. The van der Waals surface area contributed by atoms with Crippen molar-refractivity contribution in [2.45, 2.75) is 5.03 Å². The summed E-state index contributed by atoms with van der Waals surface area (Å²) in [4.78, 5) is 0. The van der Waals surface area contributed by atoms with Gasteiger partial charge in [-0.1, -0.05) is 0 Å². The number of nitrogens with zero attached hydrogens (tertiary/aromatic N) is 1. The van der Waals surface area contributed by atoms with Crippen LogP contribution in [-0.2, 0) is 16.9 Å². The molecule has 0 radical (unpaired) electrons. The minimum absolute atomic E-state index is 0.246. The van der Waals surface area contributed by atoms with Gasteiger partial charge in [0.15, 0.2) is 9.84 Å². The van der Waals surface area contributed by atoms with E-state index in [9.17, 15) is 8.42 Å². The van der Waals surface area contributed by atoms with Crippen LogP contribution in [0.4, 0.5) is 5.69 Å². The predicted octanol–water partition coefficient (Wildman–Crippen LogP) is -0.286.